The molecule has 38 heavy (non-hydrogen) atoms. The van der Waals surface area contributed by atoms with Gasteiger partial charge in [0, 0.05) is 33.4 Å². The van der Waals surface area contributed by atoms with Gasteiger partial charge in [0.1, 0.15) is 23.4 Å². The fourth-order valence-corrected chi connectivity index (χ4v) is 5.27. The van der Waals surface area contributed by atoms with E-state index in [1.807, 2.05) is 0 Å². The Balaban J connectivity index is 2.26. The van der Waals surface area contributed by atoms with Crippen molar-refractivity contribution in [1.82, 2.24) is 4.57 Å². The number of nitrogens with zero attached hydrogens (tertiary/aromatic N) is 2. The van der Waals surface area contributed by atoms with E-state index in [4.69, 9.17) is 35.9 Å². The summed E-state index contributed by atoms with van der Waals surface area (Å²) in [5.41, 5.74) is 1.98. The van der Waals surface area contributed by atoms with E-state index in [1.54, 1.807) is 10.6 Å². The molecule has 12 heteroatoms. The largest absolute Gasteiger partial charge is 0.463 e. The quantitative estimate of drug-likeness (QED) is 0.294. The Morgan fingerprint density at radius 2 is 1.50 bits per heavy atom. The van der Waals surface area contributed by atoms with Gasteiger partial charge >= 0.3 is 23.9 Å². The SMILES string of the molecule is CC(=O)OCC1OC(n2c3c(cc(C#N)c2=S)CCCCCC3)C(OC(C)=O)C(OC(C)=O)C1OC(C)=O. The van der Waals surface area contributed by atoms with Gasteiger partial charge in [0.25, 0.3) is 0 Å². The molecule has 1 aliphatic carbocycles. The van der Waals surface area contributed by atoms with E-state index in [-0.39, 0.29) is 16.8 Å². The first-order valence-corrected chi connectivity index (χ1v) is 12.9. The molecule has 0 radical (unpaired) electrons. The molecule has 5 unspecified atom stereocenters. The third-order valence-electron chi connectivity index (χ3n) is 6.38. The molecule has 0 aromatic carbocycles. The predicted octanol–water partition coefficient (Wildman–Crippen LogP) is 3.00. The summed E-state index contributed by atoms with van der Waals surface area (Å²) in [6.07, 6.45) is -1.01. The van der Waals surface area contributed by atoms with Gasteiger partial charge in [-0.15, -0.1) is 0 Å². The minimum Gasteiger partial charge on any atom is -0.463 e. The molecule has 1 saturated heterocycles. The zero-order chi connectivity index (χ0) is 28.0. The van der Waals surface area contributed by atoms with Crippen LogP contribution in [0.1, 0.15) is 76.4 Å². The highest BCUT2D eigenvalue weighted by atomic mass is 32.1. The average Bonchev–Trinajstić information content (AvgIpc) is 2.81. The van der Waals surface area contributed by atoms with Crippen LogP contribution >= 0.6 is 12.2 Å². The summed E-state index contributed by atoms with van der Waals surface area (Å²) in [5.74, 6) is -2.74. The summed E-state index contributed by atoms with van der Waals surface area (Å²) in [6.45, 7) is 4.38. The maximum atomic E-state index is 12.3. The monoisotopic (exact) mass is 548 g/mol. The topological polar surface area (TPSA) is 143 Å². The van der Waals surface area contributed by atoms with E-state index >= 15 is 0 Å². The van der Waals surface area contributed by atoms with Crippen LogP contribution in [0.15, 0.2) is 6.07 Å². The van der Waals surface area contributed by atoms with Gasteiger partial charge in [0.2, 0.25) is 0 Å². The molecule has 1 aromatic heterocycles. The number of pyridine rings is 1. The van der Waals surface area contributed by atoms with Crippen molar-refractivity contribution in [2.75, 3.05) is 6.61 Å². The van der Waals surface area contributed by atoms with E-state index in [0.29, 0.717) is 12.8 Å². The molecule has 1 aliphatic heterocycles. The van der Waals surface area contributed by atoms with Crippen LogP contribution in [0.3, 0.4) is 0 Å². The highest BCUT2D eigenvalue weighted by Crippen LogP contribution is 2.37. The number of ether oxygens (including phenoxy) is 5. The number of rotatable bonds is 6. The molecule has 2 heterocycles. The molecule has 3 rings (SSSR count). The van der Waals surface area contributed by atoms with E-state index in [0.717, 1.165) is 43.9 Å². The van der Waals surface area contributed by atoms with E-state index in [2.05, 4.69) is 6.07 Å². The summed E-state index contributed by atoms with van der Waals surface area (Å²) in [5, 5.41) is 9.85. The number of aryl methyl sites for hydroxylation is 1. The van der Waals surface area contributed by atoms with Gasteiger partial charge in [-0.1, -0.05) is 25.1 Å². The summed E-state index contributed by atoms with van der Waals surface area (Å²) < 4.78 is 30.0. The van der Waals surface area contributed by atoms with E-state index in [9.17, 15) is 24.4 Å². The van der Waals surface area contributed by atoms with E-state index in [1.165, 1.54) is 20.8 Å². The van der Waals surface area contributed by atoms with Gasteiger partial charge in [-0.3, -0.25) is 19.2 Å². The minimum absolute atomic E-state index is 0.160. The Morgan fingerprint density at radius 3 is 2.08 bits per heavy atom. The maximum Gasteiger partial charge on any atom is 0.303 e. The molecule has 206 valence electrons. The summed E-state index contributed by atoms with van der Waals surface area (Å²) in [7, 11) is 0. The van der Waals surface area contributed by atoms with Crippen molar-refractivity contribution in [3.05, 3.63) is 27.5 Å². The van der Waals surface area contributed by atoms with Gasteiger partial charge in [-0.25, -0.2) is 0 Å². The van der Waals surface area contributed by atoms with Gasteiger partial charge < -0.3 is 28.3 Å². The van der Waals surface area contributed by atoms with E-state index < -0.39 is 54.5 Å². The van der Waals surface area contributed by atoms with Crippen LogP contribution < -0.4 is 0 Å². The van der Waals surface area contributed by atoms with Crippen molar-refractivity contribution < 1.29 is 42.9 Å². The second-order valence-electron chi connectivity index (χ2n) is 9.32. The van der Waals surface area contributed by atoms with Crippen LogP contribution in [0, 0.1) is 16.0 Å². The summed E-state index contributed by atoms with van der Waals surface area (Å²) in [4.78, 5) is 48.1. The number of fused-ring (bicyclic) bond motifs is 1. The molecule has 0 amide bonds. The smallest absolute Gasteiger partial charge is 0.303 e. The molecule has 0 spiro atoms. The Bertz CT molecular complexity index is 1190. The van der Waals surface area contributed by atoms with Crippen LogP contribution in [-0.4, -0.2) is 59.5 Å². The second kappa shape index (κ2) is 13.0. The Labute approximate surface area is 225 Å². The van der Waals surface area contributed by atoms with Crippen LogP contribution in [0.5, 0.6) is 0 Å². The number of nitriles is 1. The van der Waals surface area contributed by atoms with Crippen molar-refractivity contribution in [1.29, 1.82) is 5.26 Å². The fraction of sp³-hybridized carbons (Fsp3) is 0.615. The number of carbonyl (C=O) groups excluding carboxylic acids is 4. The normalized spacial score (nSPS) is 25.0. The van der Waals surface area contributed by atoms with Gasteiger partial charge in [0.05, 0.1) is 5.56 Å². The lowest BCUT2D eigenvalue weighted by Crippen LogP contribution is -2.60. The lowest BCUT2D eigenvalue weighted by molar-refractivity contribution is -0.269. The first-order valence-electron chi connectivity index (χ1n) is 12.5. The Morgan fingerprint density at radius 1 is 0.921 bits per heavy atom. The van der Waals surface area contributed by atoms with Crippen LogP contribution in [-0.2, 0) is 55.7 Å². The molecular formula is C26H32N2O9S. The maximum absolute atomic E-state index is 12.3. The first-order chi connectivity index (χ1) is 18.0. The highest BCUT2D eigenvalue weighted by Gasteiger charge is 2.53. The highest BCUT2D eigenvalue weighted by molar-refractivity contribution is 7.71. The summed E-state index contributed by atoms with van der Waals surface area (Å²) in [6, 6.07) is 3.92. The lowest BCUT2D eigenvalue weighted by Gasteiger charge is -2.45. The third kappa shape index (κ3) is 6.96. The predicted molar refractivity (Wildman–Crippen MR) is 133 cm³/mol. The minimum atomic E-state index is -1.32. The fourth-order valence-electron chi connectivity index (χ4n) is 4.95. The number of aromatic nitrogens is 1. The van der Waals surface area contributed by atoms with Crippen molar-refractivity contribution in [3.63, 3.8) is 0 Å². The molecule has 2 aliphatic rings. The Kier molecular flexibility index (Phi) is 9.99. The van der Waals surface area contributed by atoms with Gasteiger partial charge in [-0.05, 0) is 37.3 Å². The molecule has 11 nitrogen and oxygen atoms in total. The summed E-state index contributed by atoms with van der Waals surface area (Å²) >= 11 is 5.71. The number of hydrogen-bond donors (Lipinski definition) is 0. The zero-order valence-electron chi connectivity index (χ0n) is 21.9. The van der Waals surface area contributed by atoms with Crippen molar-refractivity contribution in [3.8, 4) is 6.07 Å². The molecule has 1 fully saturated rings. The molecular weight excluding hydrogens is 516 g/mol. The van der Waals surface area contributed by atoms with Crippen LogP contribution in [0.4, 0.5) is 0 Å². The number of hydrogen-bond acceptors (Lipinski definition) is 11. The van der Waals surface area contributed by atoms with Crippen molar-refractivity contribution in [2.24, 2.45) is 0 Å². The van der Waals surface area contributed by atoms with Gasteiger partial charge in [-0.2, -0.15) is 5.26 Å². The van der Waals surface area contributed by atoms with Crippen LogP contribution in [0.2, 0.25) is 0 Å². The van der Waals surface area contributed by atoms with Crippen molar-refractivity contribution in [2.45, 2.75) is 96.9 Å². The standard InChI is InChI=1S/C26H32N2O9S/c1-14(29)33-13-21-22(34-15(2)30)23(35-16(3)31)24(36-17(4)32)25(37-21)28-20-10-8-6-5-7-9-18(20)11-19(12-27)26(28)38/h11,21-25H,5-10,13H2,1-4H3. The average molecular weight is 549 g/mol. The molecule has 1 aromatic rings. The number of esters is 4. The second-order valence-corrected chi connectivity index (χ2v) is 9.71. The van der Waals surface area contributed by atoms with Gasteiger partial charge in [0.15, 0.2) is 24.5 Å². The molecule has 5 atom stereocenters. The first kappa shape index (κ1) is 29.3. The Hall–Kier alpha value is -3.30. The lowest BCUT2D eigenvalue weighted by atomic mass is 9.93. The van der Waals surface area contributed by atoms with Crippen LogP contribution in [0.25, 0.3) is 0 Å². The molecule has 0 N–H and O–H groups in total. The molecule has 0 saturated carbocycles. The number of carbonyl (C=O) groups is 4. The zero-order valence-corrected chi connectivity index (χ0v) is 22.7. The van der Waals surface area contributed by atoms with Crippen molar-refractivity contribution >= 4 is 36.1 Å². The molecule has 0 bridgehead atoms. The third-order valence-corrected chi connectivity index (χ3v) is 6.80.